The molecule has 4 heavy (non-hydrogen) atoms. The van der Waals surface area contributed by atoms with E-state index in [0.29, 0.717) is 0 Å². The first kappa shape index (κ1) is 8.82. The van der Waals surface area contributed by atoms with E-state index in [-0.39, 0.29) is 12.4 Å². The highest BCUT2D eigenvalue weighted by Crippen LogP contribution is 1.37. The maximum Gasteiger partial charge on any atom is 0.00268 e. The van der Waals surface area contributed by atoms with Crippen LogP contribution in [0.1, 0.15) is 0 Å². The Morgan fingerprint density at radius 1 is 1.75 bits per heavy atom. The molecule has 4 heteroatoms. The van der Waals surface area contributed by atoms with Gasteiger partial charge in [-0.3, -0.25) is 0 Å². The van der Waals surface area contributed by atoms with Crippen molar-refractivity contribution in [1.29, 1.82) is 0 Å². The molecule has 0 aromatic heterocycles. The molecular formula is H3Cl2NO. The molecule has 0 atom stereocenters. The maximum atomic E-state index is 7.08. The average Bonchev–Trinajstić information content (AvgIpc) is 0.918. The highest BCUT2D eigenvalue weighted by molar-refractivity contribution is 6.12. The predicted octanol–water partition coefficient (Wildman–Crippen LogP) is 0.541. The van der Waals surface area contributed by atoms with Crippen LogP contribution in [0.3, 0.4) is 0 Å². The molecule has 2 N–H and O–H groups in total. The van der Waals surface area contributed by atoms with Crippen LogP contribution < -0.4 is 5.00 Å². The zero-order valence-electron chi connectivity index (χ0n) is 1.73. The van der Waals surface area contributed by atoms with Crippen LogP contribution >= 0.6 is 24.2 Å². The van der Waals surface area contributed by atoms with E-state index >= 15 is 0 Å². The number of hydrogen-bond acceptors (Lipinski definition) is 2. The molecule has 0 aliphatic carbocycles. The van der Waals surface area contributed by atoms with E-state index in [4.69, 9.17) is 5.21 Å². The molecule has 0 fully saturated rings. The van der Waals surface area contributed by atoms with Crippen LogP contribution in [0.5, 0.6) is 0 Å². The third-order valence-corrected chi connectivity index (χ3v) is 0. The van der Waals surface area contributed by atoms with Crippen molar-refractivity contribution in [3.8, 4) is 0 Å². The lowest BCUT2D eigenvalue weighted by Crippen LogP contribution is -1.78. The Morgan fingerprint density at radius 3 is 1.75 bits per heavy atom. The van der Waals surface area contributed by atoms with Gasteiger partial charge in [-0.25, -0.2) is 0 Å². The second-order valence-electron chi connectivity index (χ2n) is 0.0845. The minimum atomic E-state index is 0. The fourth-order valence-corrected chi connectivity index (χ4v) is 0. The van der Waals surface area contributed by atoms with Gasteiger partial charge in [0, 0.05) is 11.8 Å². The van der Waals surface area contributed by atoms with Crippen LogP contribution in [-0.2, 0) is 0 Å². The minimum absolute atomic E-state index is 0. The second kappa shape index (κ2) is 9.72. The topological polar surface area (TPSA) is 32.3 Å². The highest BCUT2D eigenvalue weighted by atomic mass is 35.5. The predicted molar refractivity (Wildman–Crippen MR) is 18.0 cm³/mol. The summed E-state index contributed by atoms with van der Waals surface area (Å²) in [4.78, 5) is 1.22. The molecule has 0 aromatic rings. The lowest BCUT2D eigenvalue weighted by Gasteiger charge is -1.55. The van der Waals surface area contributed by atoms with Crippen molar-refractivity contribution in [2.24, 2.45) is 0 Å². The Labute approximate surface area is 35.2 Å². The third-order valence-electron chi connectivity index (χ3n) is 0. The number of nitrogens with one attached hydrogen (secondary N) is 1. The molecule has 0 aromatic carbocycles. The lowest BCUT2D eigenvalue weighted by molar-refractivity contribution is 0.251. The molecule has 0 rings (SSSR count). The van der Waals surface area contributed by atoms with Crippen molar-refractivity contribution < 1.29 is 5.21 Å². The minimum Gasteiger partial charge on any atom is -0.301 e. The fourth-order valence-electron chi connectivity index (χ4n) is 0. The zero-order valence-corrected chi connectivity index (χ0v) is 3.31. The summed E-state index contributed by atoms with van der Waals surface area (Å²) >= 11 is 4.30. The summed E-state index contributed by atoms with van der Waals surface area (Å²) in [5.74, 6) is 0. The second-order valence-corrected chi connectivity index (χ2v) is 0.254. The van der Waals surface area contributed by atoms with Gasteiger partial charge in [-0.1, -0.05) is 0 Å². The average molecular weight is 104 g/mol. The van der Waals surface area contributed by atoms with E-state index < -0.39 is 0 Å². The summed E-state index contributed by atoms with van der Waals surface area (Å²) in [6.07, 6.45) is 0. The molecule has 0 spiro atoms. The SMILES string of the molecule is Cl.ONCl. The summed E-state index contributed by atoms with van der Waals surface area (Å²) in [7, 11) is 0. The Kier molecular flexibility index (Phi) is 21.4. The van der Waals surface area contributed by atoms with Gasteiger partial charge in [0.15, 0.2) is 0 Å². The van der Waals surface area contributed by atoms with Gasteiger partial charge in [0.05, 0.1) is 0 Å². The molecule has 0 bridgehead atoms. The third kappa shape index (κ3) is 22.5. The zero-order chi connectivity index (χ0) is 2.71. The van der Waals surface area contributed by atoms with Gasteiger partial charge in [-0.15, -0.1) is 17.4 Å². The quantitative estimate of drug-likeness (QED) is 0.347. The summed E-state index contributed by atoms with van der Waals surface area (Å²) < 4.78 is 0. The molecule has 0 heterocycles. The van der Waals surface area contributed by atoms with Crippen LogP contribution in [-0.4, -0.2) is 5.21 Å². The Bertz CT molecular complexity index is 6.00. The van der Waals surface area contributed by atoms with Gasteiger partial charge in [0.1, 0.15) is 0 Å². The van der Waals surface area contributed by atoms with Crippen molar-refractivity contribution in [3.63, 3.8) is 0 Å². The molecule has 2 nitrogen and oxygen atoms in total. The van der Waals surface area contributed by atoms with Gasteiger partial charge >= 0.3 is 0 Å². The monoisotopic (exact) mass is 103 g/mol. The number of halogens is 2. The normalized spacial score (nSPS) is 4.50. The summed E-state index contributed by atoms with van der Waals surface area (Å²) in [6, 6.07) is 0. The van der Waals surface area contributed by atoms with Gasteiger partial charge < -0.3 is 5.21 Å². The Morgan fingerprint density at radius 2 is 1.75 bits per heavy atom. The molecule has 0 unspecified atom stereocenters. The van der Waals surface area contributed by atoms with E-state index in [1.807, 2.05) is 0 Å². The molecule has 0 radical (unpaired) electrons. The van der Waals surface area contributed by atoms with E-state index in [9.17, 15) is 0 Å². The van der Waals surface area contributed by atoms with Crippen molar-refractivity contribution in [3.05, 3.63) is 0 Å². The van der Waals surface area contributed by atoms with Crippen LogP contribution in [0, 0.1) is 0 Å². The van der Waals surface area contributed by atoms with Crippen LogP contribution in [0.4, 0.5) is 0 Å². The van der Waals surface area contributed by atoms with Gasteiger partial charge in [-0.2, -0.15) is 0 Å². The fraction of sp³-hybridized carbons (Fsp3) is 0. The van der Waals surface area contributed by atoms with Crippen molar-refractivity contribution in [2.45, 2.75) is 0 Å². The van der Waals surface area contributed by atoms with Gasteiger partial charge in [-0.05, 0) is 0 Å². The molecule has 28 valence electrons. The molecule has 0 aliphatic heterocycles. The van der Waals surface area contributed by atoms with E-state index in [1.54, 1.807) is 0 Å². The van der Waals surface area contributed by atoms with E-state index in [2.05, 4.69) is 11.8 Å². The lowest BCUT2D eigenvalue weighted by atomic mass is 13.6. The summed E-state index contributed by atoms with van der Waals surface area (Å²) in [6.45, 7) is 0. The number of rotatable bonds is 0. The Hall–Kier alpha value is 0.500. The van der Waals surface area contributed by atoms with E-state index in [1.165, 1.54) is 5.00 Å². The smallest absolute Gasteiger partial charge is 0.00268 e. The largest absolute Gasteiger partial charge is 0.301 e. The first-order chi connectivity index (χ1) is 1.41. The Balaban J connectivity index is 0. The molecule has 0 aliphatic rings. The van der Waals surface area contributed by atoms with Crippen LogP contribution in [0.15, 0.2) is 0 Å². The summed E-state index contributed by atoms with van der Waals surface area (Å²) in [5.41, 5.74) is 0. The van der Waals surface area contributed by atoms with Gasteiger partial charge in [0.2, 0.25) is 0 Å². The molecule has 0 amide bonds. The van der Waals surface area contributed by atoms with E-state index in [0.717, 1.165) is 0 Å². The number of hydrogen-bond donors (Lipinski definition) is 2. The highest BCUT2D eigenvalue weighted by Gasteiger charge is 1.29. The van der Waals surface area contributed by atoms with Gasteiger partial charge in [0.25, 0.3) is 0 Å². The van der Waals surface area contributed by atoms with Crippen molar-refractivity contribution in [1.82, 2.24) is 5.00 Å². The maximum absolute atomic E-state index is 7.08. The molecule has 0 saturated heterocycles. The standard InChI is InChI=1S/ClH2NO.ClH/c1-2-3;/h2-3H;1H. The van der Waals surface area contributed by atoms with Crippen molar-refractivity contribution >= 4 is 24.2 Å². The van der Waals surface area contributed by atoms with Crippen LogP contribution in [0.25, 0.3) is 0 Å². The van der Waals surface area contributed by atoms with Crippen molar-refractivity contribution in [2.75, 3.05) is 0 Å². The van der Waals surface area contributed by atoms with Crippen LogP contribution in [0.2, 0.25) is 0 Å². The molecular weight excluding hydrogens is 101 g/mol. The molecule has 0 saturated carbocycles. The first-order valence-corrected chi connectivity index (χ1v) is 0.791. The summed E-state index contributed by atoms with van der Waals surface area (Å²) in [5, 5.41) is 7.08. The first-order valence-electron chi connectivity index (χ1n) is 0.413.